The van der Waals surface area contributed by atoms with Gasteiger partial charge in [-0.25, -0.2) is 4.79 Å². The zero-order chi connectivity index (χ0) is 15.6. The van der Waals surface area contributed by atoms with E-state index >= 15 is 0 Å². The Hall–Kier alpha value is -2.07. The van der Waals surface area contributed by atoms with E-state index in [1.165, 1.54) is 0 Å². The lowest BCUT2D eigenvalue weighted by molar-refractivity contribution is 0.184. The molecule has 4 nitrogen and oxygen atoms in total. The normalized spacial score (nSPS) is 20.5. The largest absolute Gasteiger partial charge is 0.335 e. The smallest absolute Gasteiger partial charge is 0.319 e. The zero-order valence-corrected chi connectivity index (χ0v) is 13.1. The van der Waals surface area contributed by atoms with Crippen LogP contribution in [0.15, 0.2) is 42.5 Å². The Kier molecular flexibility index (Phi) is 4.03. The van der Waals surface area contributed by atoms with Gasteiger partial charge in [-0.15, -0.1) is 0 Å². The van der Waals surface area contributed by atoms with Gasteiger partial charge in [0, 0.05) is 18.0 Å². The molecule has 3 N–H and O–H groups in total. The van der Waals surface area contributed by atoms with Gasteiger partial charge in [0.25, 0.3) is 0 Å². The number of fused-ring (bicyclic) bond motifs is 1. The van der Waals surface area contributed by atoms with Gasteiger partial charge in [-0.05, 0) is 29.8 Å². The van der Waals surface area contributed by atoms with Gasteiger partial charge in [0.15, 0.2) is 0 Å². The summed E-state index contributed by atoms with van der Waals surface area (Å²) in [5, 5.41) is 11.7. The average molecular weight is 297 g/mol. The van der Waals surface area contributed by atoms with E-state index < -0.39 is 0 Å². The molecule has 116 valence electrons. The molecular weight excluding hydrogens is 274 g/mol. The summed E-state index contributed by atoms with van der Waals surface area (Å²) in [7, 11) is 0. The van der Waals surface area contributed by atoms with Gasteiger partial charge in [0.2, 0.25) is 0 Å². The third-order valence-electron chi connectivity index (χ3n) is 4.48. The van der Waals surface area contributed by atoms with Crippen LogP contribution in [0.1, 0.15) is 20.3 Å². The van der Waals surface area contributed by atoms with Crippen LogP contribution in [0.25, 0.3) is 10.8 Å². The molecule has 1 heterocycles. The van der Waals surface area contributed by atoms with Gasteiger partial charge in [0.05, 0.1) is 5.69 Å². The Labute approximate surface area is 131 Å². The highest BCUT2D eigenvalue weighted by Gasteiger charge is 2.33. The number of hydrogen-bond acceptors (Lipinski definition) is 2. The van der Waals surface area contributed by atoms with Crippen molar-refractivity contribution in [2.45, 2.75) is 26.3 Å². The molecule has 0 bridgehead atoms. The Bertz CT molecular complexity index is 676. The van der Waals surface area contributed by atoms with Crippen LogP contribution in [0, 0.1) is 5.41 Å². The van der Waals surface area contributed by atoms with Crippen LogP contribution in [0.5, 0.6) is 0 Å². The van der Waals surface area contributed by atoms with Crippen molar-refractivity contribution in [3.8, 4) is 0 Å². The van der Waals surface area contributed by atoms with Gasteiger partial charge >= 0.3 is 6.03 Å². The number of benzene rings is 2. The van der Waals surface area contributed by atoms with Crippen LogP contribution < -0.4 is 16.0 Å². The number of piperidine rings is 1. The molecule has 1 atom stereocenters. The number of amides is 2. The zero-order valence-electron chi connectivity index (χ0n) is 13.1. The quantitative estimate of drug-likeness (QED) is 0.796. The number of nitrogens with one attached hydrogen (secondary N) is 3. The molecule has 2 aromatic rings. The summed E-state index contributed by atoms with van der Waals surface area (Å²) in [6, 6.07) is 14.1. The van der Waals surface area contributed by atoms with Gasteiger partial charge < -0.3 is 16.0 Å². The molecule has 4 heteroatoms. The second-order valence-electron chi connectivity index (χ2n) is 6.63. The van der Waals surface area contributed by atoms with E-state index in [1.807, 2.05) is 42.5 Å². The van der Waals surface area contributed by atoms with E-state index in [0.29, 0.717) is 0 Å². The molecule has 0 saturated carbocycles. The summed E-state index contributed by atoms with van der Waals surface area (Å²) in [4.78, 5) is 12.4. The molecular formula is C18H23N3O. The number of urea groups is 1. The van der Waals surface area contributed by atoms with E-state index in [4.69, 9.17) is 0 Å². The SMILES string of the molecule is CC1(C)CNCCC1NC(=O)Nc1cccc2ccccc12. The van der Waals surface area contributed by atoms with E-state index in [0.717, 1.165) is 36.0 Å². The Morgan fingerprint density at radius 3 is 2.77 bits per heavy atom. The monoisotopic (exact) mass is 297 g/mol. The molecule has 1 aliphatic heterocycles. The van der Waals surface area contributed by atoms with Crippen molar-refractivity contribution in [3.63, 3.8) is 0 Å². The molecule has 1 fully saturated rings. The maximum Gasteiger partial charge on any atom is 0.319 e. The highest BCUT2D eigenvalue weighted by Crippen LogP contribution is 2.26. The first kappa shape index (κ1) is 14.9. The summed E-state index contributed by atoms with van der Waals surface area (Å²) in [6.45, 7) is 6.24. The minimum absolute atomic E-state index is 0.0638. The molecule has 0 radical (unpaired) electrons. The lowest BCUT2D eigenvalue weighted by atomic mass is 9.80. The van der Waals surface area contributed by atoms with Crippen molar-refractivity contribution >= 4 is 22.5 Å². The molecule has 1 aliphatic rings. The molecule has 0 spiro atoms. The average Bonchev–Trinajstić information content (AvgIpc) is 2.50. The van der Waals surface area contributed by atoms with Crippen LogP contribution in [-0.2, 0) is 0 Å². The van der Waals surface area contributed by atoms with Crippen molar-refractivity contribution in [1.29, 1.82) is 0 Å². The fourth-order valence-corrected chi connectivity index (χ4v) is 3.09. The molecule has 1 saturated heterocycles. The van der Waals surface area contributed by atoms with Gasteiger partial charge in [-0.2, -0.15) is 0 Å². The fourth-order valence-electron chi connectivity index (χ4n) is 3.09. The third-order valence-corrected chi connectivity index (χ3v) is 4.48. The van der Waals surface area contributed by atoms with Crippen molar-refractivity contribution < 1.29 is 4.79 Å². The van der Waals surface area contributed by atoms with Crippen LogP contribution in [0.2, 0.25) is 0 Å². The lowest BCUT2D eigenvalue weighted by Crippen LogP contribution is -2.55. The molecule has 2 amide bonds. The highest BCUT2D eigenvalue weighted by molar-refractivity contribution is 6.01. The van der Waals surface area contributed by atoms with Gasteiger partial charge in [0.1, 0.15) is 0 Å². The first-order chi connectivity index (χ1) is 10.6. The van der Waals surface area contributed by atoms with Crippen LogP contribution in [-0.4, -0.2) is 25.2 Å². The summed E-state index contributed by atoms with van der Waals surface area (Å²) in [5.41, 5.74) is 0.913. The summed E-state index contributed by atoms with van der Waals surface area (Å²) >= 11 is 0. The van der Waals surface area contributed by atoms with Crippen molar-refractivity contribution in [1.82, 2.24) is 10.6 Å². The van der Waals surface area contributed by atoms with Crippen LogP contribution >= 0.6 is 0 Å². The number of carbonyl (C=O) groups is 1. The van der Waals surface area contributed by atoms with Gasteiger partial charge in [-0.3, -0.25) is 0 Å². The van der Waals surface area contributed by atoms with Crippen molar-refractivity contribution in [3.05, 3.63) is 42.5 Å². The Balaban J connectivity index is 1.73. The molecule has 3 rings (SSSR count). The fraction of sp³-hybridized carbons (Fsp3) is 0.389. The van der Waals surface area contributed by atoms with E-state index in [2.05, 4.69) is 29.8 Å². The maximum atomic E-state index is 12.4. The number of anilines is 1. The number of hydrogen-bond donors (Lipinski definition) is 3. The minimum atomic E-state index is -0.128. The molecule has 22 heavy (non-hydrogen) atoms. The van der Waals surface area contributed by atoms with E-state index in [9.17, 15) is 4.79 Å². The van der Waals surface area contributed by atoms with Crippen molar-refractivity contribution in [2.24, 2.45) is 5.41 Å². The second-order valence-corrected chi connectivity index (χ2v) is 6.63. The van der Waals surface area contributed by atoms with Crippen LogP contribution in [0.3, 0.4) is 0 Å². The van der Waals surface area contributed by atoms with E-state index in [-0.39, 0.29) is 17.5 Å². The molecule has 0 aromatic heterocycles. The first-order valence-electron chi connectivity index (χ1n) is 7.82. The number of carbonyl (C=O) groups excluding carboxylic acids is 1. The predicted octanol–water partition coefficient (Wildman–Crippen LogP) is 3.35. The van der Waals surface area contributed by atoms with E-state index in [1.54, 1.807) is 0 Å². The first-order valence-corrected chi connectivity index (χ1v) is 7.82. The molecule has 1 unspecified atom stereocenters. The van der Waals surface area contributed by atoms with Crippen molar-refractivity contribution in [2.75, 3.05) is 18.4 Å². The minimum Gasteiger partial charge on any atom is -0.335 e. The summed E-state index contributed by atoms with van der Waals surface area (Å²) in [6.07, 6.45) is 0.954. The second kappa shape index (κ2) is 5.97. The Morgan fingerprint density at radius 1 is 1.18 bits per heavy atom. The van der Waals surface area contributed by atoms with Gasteiger partial charge in [-0.1, -0.05) is 50.2 Å². The molecule has 2 aromatic carbocycles. The predicted molar refractivity (Wildman–Crippen MR) is 91.2 cm³/mol. The topological polar surface area (TPSA) is 53.2 Å². The third kappa shape index (κ3) is 3.07. The standard InChI is InChI=1S/C18H23N3O/c1-18(2)12-19-11-10-16(18)21-17(22)20-15-9-5-7-13-6-3-4-8-14(13)15/h3-9,16,19H,10-12H2,1-2H3,(H2,20,21,22). The number of rotatable bonds is 2. The highest BCUT2D eigenvalue weighted by atomic mass is 16.2. The summed E-state index contributed by atoms with van der Waals surface area (Å²) in [5.74, 6) is 0. The summed E-state index contributed by atoms with van der Waals surface area (Å²) < 4.78 is 0. The van der Waals surface area contributed by atoms with Crippen LogP contribution in [0.4, 0.5) is 10.5 Å². The molecule has 0 aliphatic carbocycles. The lowest BCUT2D eigenvalue weighted by Gasteiger charge is -2.39. The maximum absolute atomic E-state index is 12.4. The Morgan fingerprint density at radius 2 is 1.95 bits per heavy atom.